The van der Waals surface area contributed by atoms with Crippen LogP contribution in [-0.2, 0) is 14.3 Å². The number of ether oxygens (including phenoxy) is 2. The first-order valence-electron chi connectivity index (χ1n) is 5.23. The molecule has 2 unspecified atom stereocenters. The lowest BCUT2D eigenvalue weighted by Crippen LogP contribution is -2.46. The molecule has 0 radical (unpaired) electrons. The molecule has 0 aromatic rings. The van der Waals surface area contributed by atoms with Crippen molar-refractivity contribution in [1.29, 1.82) is 0 Å². The van der Waals surface area contributed by atoms with Gasteiger partial charge in [-0.2, -0.15) is 0 Å². The first-order chi connectivity index (χ1) is 7.27. The van der Waals surface area contributed by atoms with Crippen molar-refractivity contribution < 1.29 is 14.3 Å². The van der Waals surface area contributed by atoms with Gasteiger partial charge in [-0.15, -0.1) is 6.42 Å². The minimum Gasteiger partial charge on any atom is -0.376 e. The van der Waals surface area contributed by atoms with Crippen LogP contribution in [0.3, 0.4) is 0 Å². The fourth-order valence-corrected chi connectivity index (χ4v) is 1.39. The van der Waals surface area contributed by atoms with Crippen molar-refractivity contribution in [1.82, 2.24) is 5.32 Å². The summed E-state index contributed by atoms with van der Waals surface area (Å²) in [5.74, 6) is 2.37. The van der Waals surface area contributed by atoms with Crippen LogP contribution in [0.15, 0.2) is 0 Å². The van der Waals surface area contributed by atoms with Crippen LogP contribution in [0.5, 0.6) is 0 Å². The summed E-state index contributed by atoms with van der Waals surface area (Å²) in [6.07, 6.45) is 6.52. The lowest BCUT2D eigenvalue weighted by molar-refractivity contribution is -0.147. The zero-order chi connectivity index (χ0) is 11.1. The molecule has 1 heterocycles. The molecule has 1 amide bonds. The minimum atomic E-state index is -0.508. The lowest BCUT2D eigenvalue weighted by atomic mass is 10.1. The zero-order valence-corrected chi connectivity index (χ0v) is 8.99. The van der Waals surface area contributed by atoms with E-state index in [4.69, 9.17) is 15.9 Å². The molecule has 1 rings (SSSR count). The summed E-state index contributed by atoms with van der Waals surface area (Å²) in [7, 11) is 0. The summed E-state index contributed by atoms with van der Waals surface area (Å²) in [4.78, 5) is 11.6. The summed E-state index contributed by atoms with van der Waals surface area (Å²) in [6.45, 7) is 3.36. The normalized spacial score (nSPS) is 22.8. The Morgan fingerprint density at radius 3 is 3.00 bits per heavy atom. The topological polar surface area (TPSA) is 47.6 Å². The Morgan fingerprint density at radius 1 is 1.67 bits per heavy atom. The van der Waals surface area contributed by atoms with E-state index in [-0.39, 0.29) is 11.9 Å². The summed E-state index contributed by atoms with van der Waals surface area (Å²) in [6, 6.07) is -0.201. The molecule has 1 N–H and O–H groups in total. The van der Waals surface area contributed by atoms with Crippen LogP contribution in [0.25, 0.3) is 0 Å². The van der Waals surface area contributed by atoms with Gasteiger partial charge in [0.05, 0.1) is 25.9 Å². The van der Waals surface area contributed by atoms with Crippen LogP contribution in [0.2, 0.25) is 0 Å². The van der Waals surface area contributed by atoms with Crippen molar-refractivity contribution in [2.75, 3.05) is 19.8 Å². The number of hydrogen-bond donors (Lipinski definition) is 1. The van der Waals surface area contributed by atoms with Gasteiger partial charge in [-0.25, -0.2) is 0 Å². The van der Waals surface area contributed by atoms with E-state index in [1.54, 1.807) is 0 Å². The highest BCUT2D eigenvalue weighted by molar-refractivity contribution is 5.81. The van der Waals surface area contributed by atoms with Crippen LogP contribution in [-0.4, -0.2) is 37.9 Å². The molecule has 15 heavy (non-hydrogen) atoms. The molecule has 0 aromatic heterocycles. The molecule has 1 aliphatic rings. The maximum absolute atomic E-state index is 11.6. The Bertz CT molecular complexity index is 241. The maximum Gasteiger partial charge on any atom is 0.252 e. The van der Waals surface area contributed by atoms with E-state index in [1.807, 2.05) is 6.92 Å². The van der Waals surface area contributed by atoms with E-state index in [1.165, 1.54) is 0 Å². The smallest absolute Gasteiger partial charge is 0.252 e. The van der Waals surface area contributed by atoms with Gasteiger partial charge < -0.3 is 14.8 Å². The summed E-state index contributed by atoms with van der Waals surface area (Å²) in [5.41, 5.74) is 0. The molecule has 0 aliphatic carbocycles. The number of terminal acetylenes is 1. The summed E-state index contributed by atoms with van der Waals surface area (Å²) in [5, 5.41) is 2.76. The summed E-state index contributed by atoms with van der Waals surface area (Å²) >= 11 is 0. The Hall–Kier alpha value is -1.05. The third kappa shape index (κ3) is 3.90. The Balaban J connectivity index is 2.36. The molecule has 4 heteroatoms. The second-order valence-electron chi connectivity index (χ2n) is 3.45. The molecule has 0 bridgehead atoms. The van der Waals surface area contributed by atoms with Gasteiger partial charge in [-0.3, -0.25) is 4.79 Å². The van der Waals surface area contributed by atoms with Gasteiger partial charge >= 0.3 is 0 Å². The summed E-state index contributed by atoms with van der Waals surface area (Å²) < 4.78 is 10.4. The van der Waals surface area contributed by atoms with Gasteiger partial charge in [0.15, 0.2) is 6.10 Å². The van der Waals surface area contributed by atoms with Gasteiger partial charge in [0, 0.05) is 0 Å². The van der Waals surface area contributed by atoms with E-state index in [2.05, 4.69) is 11.2 Å². The number of amides is 1. The molecule has 84 valence electrons. The van der Waals surface area contributed by atoms with Gasteiger partial charge in [0.25, 0.3) is 5.91 Å². The van der Waals surface area contributed by atoms with Crippen LogP contribution < -0.4 is 5.32 Å². The van der Waals surface area contributed by atoms with E-state index < -0.39 is 6.10 Å². The SMILES string of the molecule is C#CC(CCC)NC(=O)C1COCCO1. The number of hydrogen-bond acceptors (Lipinski definition) is 3. The molecular formula is C11H17NO3. The van der Waals surface area contributed by atoms with Crippen LogP contribution in [0.4, 0.5) is 0 Å². The molecule has 0 aromatic carbocycles. The van der Waals surface area contributed by atoms with Crippen molar-refractivity contribution in [3.8, 4) is 12.3 Å². The van der Waals surface area contributed by atoms with Gasteiger partial charge in [-0.05, 0) is 6.42 Å². The minimum absolute atomic E-state index is 0.175. The van der Waals surface area contributed by atoms with E-state index in [9.17, 15) is 4.79 Å². The molecular weight excluding hydrogens is 194 g/mol. The first kappa shape index (κ1) is 12.0. The predicted octanol–water partition coefficient (Wildman–Crippen LogP) is 0.320. The lowest BCUT2D eigenvalue weighted by Gasteiger charge is -2.23. The number of carbonyl (C=O) groups is 1. The number of nitrogens with one attached hydrogen (secondary N) is 1. The average Bonchev–Trinajstić information content (AvgIpc) is 2.29. The molecule has 1 fully saturated rings. The quantitative estimate of drug-likeness (QED) is 0.681. The molecule has 2 atom stereocenters. The largest absolute Gasteiger partial charge is 0.376 e. The van der Waals surface area contributed by atoms with Crippen molar-refractivity contribution in [3.63, 3.8) is 0 Å². The van der Waals surface area contributed by atoms with Gasteiger partial charge in [0.1, 0.15) is 0 Å². The Kier molecular flexibility index (Phi) is 5.16. The Labute approximate surface area is 90.3 Å². The average molecular weight is 211 g/mol. The zero-order valence-electron chi connectivity index (χ0n) is 8.99. The monoisotopic (exact) mass is 211 g/mol. The third-order valence-electron chi connectivity index (χ3n) is 2.20. The highest BCUT2D eigenvalue weighted by Gasteiger charge is 2.23. The van der Waals surface area contributed by atoms with Crippen molar-refractivity contribution in [2.24, 2.45) is 0 Å². The van der Waals surface area contributed by atoms with Crippen molar-refractivity contribution >= 4 is 5.91 Å². The standard InChI is InChI=1S/C11H17NO3/c1-3-5-9(4-2)12-11(13)10-8-14-6-7-15-10/h2,9-10H,3,5-8H2,1H3,(H,12,13). The fourth-order valence-electron chi connectivity index (χ4n) is 1.39. The second-order valence-corrected chi connectivity index (χ2v) is 3.45. The van der Waals surface area contributed by atoms with Crippen molar-refractivity contribution in [3.05, 3.63) is 0 Å². The predicted molar refractivity (Wildman–Crippen MR) is 56.2 cm³/mol. The van der Waals surface area contributed by atoms with E-state index in [0.29, 0.717) is 19.8 Å². The number of rotatable bonds is 4. The molecule has 0 saturated carbocycles. The van der Waals surface area contributed by atoms with Gasteiger partial charge in [-0.1, -0.05) is 19.3 Å². The fraction of sp³-hybridized carbons (Fsp3) is 0.727. The van der Waals surface area contributed by atoms with Crippen LogP contribution in [0.1, 0.15) is 19.8 Å². The van der Waals surface area contributed by atoms with Gasteiger partial charge in [0.2, 0.25) is 0 Å². The Morgan fingerprint density at radius 2 is 2.47 bits per heavy atom. The van der Waals surface area contributed by atoms with Crippen molar-refractivity contribution in [2.45, 2.75) is 31.9 Å². The first-order valence-corrected chi connectivity index (χ1v) is 5.23. The molecule has 1 aliphatic heterocycles. The van der Waals surface area contributed by atoms with Crippen LogP contribution >= 0.6 is 0 Å². The molecule has 1 saturated heterocycles. The highest BCUT2D eigenvalue weighted by atomic mass is 16.6. The van der Waals surface area contributed by atoms with E-state index in [0.717, 1.165) is 12.8 Å². The molecule has 0 spiro atoms. The highest BCUT2D eigenvalue weighted by Crippen LogP contribution is 2.02. The van der Waals surface area contributed by atoms with E-state index >= 15 is 0 Å². The number of carbonyl (C=O) groups excluding carboxylic acids is 1. The molecule has 4 nitrogen and oxygen atoms in total. The third-order valence-corrected chi connectivity index (χ3v) is 2.20. The second kappa shape index (κ2) is 6.44. The maximum atomic E-state index is 11.6. The van der Waals surface area contributed by atoms with Crippen LogP contribution in [0, 0.1) is 12.3 Å².